The second kappa shape index (κ2) is 3.94. The lowest BCUT2D eigenvalue weighted by atomic mass is 10.2. The molecule has 0 radical (unpaired) electrons. The molecule has 0 spiro atoms. The summed E-state index contributed by atoms with van der Waals surface area (Å²) in [7, 11) is 1.46. The first-order chi connectivity index (χ1) is 7.61. The molecular formula is C11H13N3O2. The molecule has 2 rings (SSSR count). The van der Waals surface area contributed by atoms with Crippen molar-refractivity contribution < 1.29 is 9.59 Å². The zero-order chi connectivity index (χ0) is 11.7. The molecule has 1 aromatic carbocycles. The number of amides is 3. The normalized spacial score (nSPS) is 21.5. The van der Waals surface area contributed by atoms with E-state index in [1.807, 2.05) is 18.2 Å². The minimum atomic E-state index is -0.585. The molecule has 1 heterocycles. The van der Waals surface area contributed by atoms with Gasteiger partial charge in [0.25, 0.3) is 0 Å². The highest BCUT2D eigenvalue weighted by molar-refractivity contribution is 6.05. The molecule has 2 N–H and O–H groups in total. The Hall–Kier alpha value is -1.88. The summed E-state index contributed by atoms with van der Waals surface area (Å²) in [6.45, 7) is 0. The van der Waals surface area contributed by atoms with Gasteiger partial charge in [-0.25, -0.2) is 4.79 Å². The molecule has 0 saturated carbocycles. The Labute approximate surface area is 93.4 Å². The van der Waals surface area contributed by atoms with E-state index in [0.717, 1.165) is 4.90 Å². The molecule has 5 nitrogen and oxygen atoms in total. The minimum absolute atomic E-state index is 0.150. The molecule has 1 atom stereocenters. The Bertz CT molecular complexity index is 418. The summed E-state index contributed by atoms with van der Waals surface area (Å²) in [5.74, 6) is -0.246. The first-order valence-corrected chi connectivity index (χ1v) is 5.01. The second-order valence-corrected chi connectivity index (χ2v) is 3.71. The summed E-state index contributed by atoms with van der Waals surface area (Å²) in [5.41, 5.74) is 6.52. The van der Waals surface area contributed by atoms with Crippen LogP contribution >= 0.6 is 0 Å². The second-order valence-electron chi connectivity index (χ2n) is 3.71. The van der Waals surface area contributed by atoms with Crippen molar-refractivity contribution in [2.45, 2.75) is 12.6 Å². The number of carbonyl (C=O) groups excluding carboxylic acids is 2. The SMILES string of the molecule is CN1C(=O)CC(N)N(c2ccccc2)C1=O. The zero-order valence-electron chi connectivity index (χ0n) is 8.96. The van der Waals surface area contributed by atoms with Crippen LogP contribution in [0.15, 0.2) is 30.3 Å². The van der Waals surface area contributed by atoms with Crippen LogP contribution in [-0.2, 0) is 4.79 Å². The molecule has 16 heavy (non-hydrogen) atoms. The average Bonchev–Trinajstić information content (AvgIpc) is 2.28. The topological polar surface area (TPSA) is 66.6 Å². The molecule has 0 aromatic heterocycles. The van der Waals surface area contributed by atoms with Crippen LogP contribution in [0.5, 0.6) is 0 Å². The van der Waals surface area contributed by atoms with Gasteiger partial charge < -0.3 is 5.73 Å². The number of imide groups is 1. The highest BCUT2D eigenvalue weighted by Gasteiger charge is 2.35. The molecule has 84 valence electrons. The van der Waals surface area contributed by atoms with Gasteiger partial charge in [0.2, 0.25) is 5.91 Å². The fraction of sp³-hybridized carbons (Fsp3) is 0.273. The number of anilines is 1. The van der Waals surface area contributed by atoms with Gasteiger partial charge in [-0.2, -0.15) is 0 Å². The lowest BCUT2D eigenvalue weighted by molar-refractivity contribution is -0.128. The van der Waals surface area contributed by atoms with Crippen molar-refractivity contribution >= 4 is 17.6 Å². The summed E-state index contributed by atoms with van der Waals surface area (Å²) < 4.78 is 0. The number of nitrogens with zero attached hydrogens (tertiary/aromatic N) is 2. The van der Waals surface area contributed by atoms with Crippen LogP contribution in [0, 0.1) is 0 Å². The van der Waals surface area contributed by atoms with E-state index in [2.05, 4.69) is 0 Å². The molecular weight excluding hydrogens is 206 g/mol. The van der Waals surface area contributed by atoms with Crippen LogP contribution in [0.3, 0.4) is 0 Å². The molecule has 1 unspecified atom stereocenters. The largest absolute Gasteiger partial charge is 0.332 e. The third-order valence-electron chi connectivity index (χ3n) is 2.62. The van der Waals surface area contributed by atoms with Crippen LogP contribution in [0.2, 0.25) is 0 Å². The van der Waals surface area contributed by atoms with Gasteiger partial charge in [-0.05, 0) is 12.1 Å². The summed E-state index contributed by atoms with van der Waals surface area (Å²) in [5, 5.41) is 0. The number of hydrogen-bond acceptors (Lipinski definition) is 3. The molecule has 1 aromatic rings. The number of urea groups is 1. The molecule has 1 fully saturated rings. The van der Waals surface area contributed by atoms with Gasteiger partial charge in [0, 0.05) is 12.7 Å². The minimum Gasteiger partial charge on any atom is -0.310 e. The molecule has 3 amide bonds. The van der Waals surface area contributed by atoms with E-state index in [9.17, 15) is 9.59 Å². The molecule has 0 aliphatic carbocycles. The van der Waals surface area contributed by atoms with E-state index in [-0.39, 0.29) is 18.4 Å². The van der Waals surface area contributed by atoms with Crippen molar-refractivity contribution in [1.82, 2.24) is 4.90 Å². The van der Waals surface area contributed by atoms with Crippen molar-refractivity contribution in [1.29, 1.82) is 0 Å². The van der Waals surface area contributed by atoms with Crippen molar-refractivity contribution in [2.24, 2.45) is 5.73 Å². The van der Waals surface area contributed by atoms with Crippen LogP contribution < -0.4 is 10.6 Å². The lowest BCUT2D eigenvalue weighted by Gasteiger charge is -2.36. The molecule has 1 aliphatic heterocycles. The number of carbonyl (C=O) groups is 2. The average molecular weight is 219 g/mol. The maximum absolute atomic E-state index is 11.9. The Morgan fingerprint density at radius 3 is 2.50 bits per heavy atom. The van der Waals surface area contributed by atoms with E-state index >= 15 is 0 Å². The standard InChI is InChI=1S/C11H13N3O2/c1-13-10(15)7-9(12)14(11(13)16)8-5-3-2-4-6-8/h2-6,9H,7,12H2,1H3. The Morgan fingerprint density at radius 2 is 1.88 bits per heavy atom. The van der Waals surface area contributed by atoms with Gasteiger partial charge in [-0.15, -0.1) is 0 Å². The number of rotatable bonds is 1. The van der Waals surface area contributed by atoms with E-state index in [1.165, 1.54) is 11.9 Å². The lowest BCUT2D eigenvalue weighted by Crippen LogP contribution is -2.59. The Balaban J connectivity index is 2.34. The highest BCUT2D eigenvalue weighted by Crippen LogP contribution is 2.21. The fourth-order valence-electron chi connectivity index (χ4n) is 1.71. The van der Waals surface area contributed by atoms with Crippen LogP contribution in [0.4, 0.5) is 10.5 Å². The van der Waals surface area contributed by atoms with E-state index < -0.39 is 6.17 Å². The van der Waals surface area contributed by atoms with E-state index in [0.29, 0.717) is 5.69 Å². The molecule has 5 heteroatoms. The monoisotopic (exact) mass is 219 g/mol. The van der Waals surface area contributed by atoms with Gasteiger partial charge in [0.05, 0.1) is 12.6 Å². The predicted molar refractivity (Wildman–Crippen MR) is 59.7 cm³/mol. The van der Waals surface area contributed by atoms with Gasteiger partial charge in [-0.1, -0.05) is 18.2 Å². The van der Waals surface area contributed by atoms with Crippen LogP contribution in [0.1, 0.15) is 6.42 Å². The summed E-state index contributed by atoms with van der Waals surface area (Å²) in [6.07, 6.45) is -0.435. The number of benzene rings is 1. The summed E-state index contributed by atoms with van der Waals surface area (Å²) in [4.78, 5) is 25.8. The van der Waals surface area contributed by atoms with E-state index in [4.69, 9.17) is 5.73 Å². The van der Waals surface area contributed by atoms with Gasteiger partial charge in [-0.3, -0.25) is 14.6 Å². The third kappa shape index (κ3) is 1.65. The summed E-state index contributed by atoms with van der Waals surface area (Å²) in [6, 6.07) is 8.72. The van der Waals surface area contributed by atoms with Crippen LogP contribution in [0.25, 0.3) is 0 Å². The highest BCUT2D eigenvalue weighted by atomic mass is 16.2. The van der Waals surface area contributed by atoms with E-state index in [1.54, 1.807) is 12.1 Å². The van der Waals surface area contributed by atoms with Crippen LogP contribution in [-0.4, -0.2) is 30.1 Å². The summed E-state index contributed by atoms with van der Waals surface area (Å²) >= 11 is 0. The predicted octanol–water partition coefficient (Wildman–Crippen LogP) is 0.760. The number of nitrogens with two attached hydrogens (primary N) is 1. The first-order valence-electron chi connectivity index (χ1n) is 5.01. The fourth-order valence-corrected chi connectivity index (χ4v) is 1.71. The quantitative estimate of drug-likeness (QED) is 0.758. The van der Waals surface area contributed by atoms with Crippen molar-refractivity contribution in [3.05, 3.63) is 30.3 Å². The Kier molecular flexibility index (Phi) is 2.62. The maximum Gasteiger partial charge on any atom is 0.332 e. The van der Waals surface area contributed by atoms with Gasteiger partial charge >= 0.3 is 6.03 Å². The zero-order valence-corrected chi connectivity index (χ0v) is 8.96. The van der Waals surface area contributed by atoms with Crippen molar-refractivity contribution in [3.8, 4) is 0 Å². The number of para-hydroxylation sites is 1. The number of hydrogen-bond donors (Lipinski definition) is 1. The maximum atomic E-state index is 11.9. The molecule has 1 saturated heterocycles. The van der Waals surface area contributed by atoms with Gasteiger partial charge in [0.1, 0.15) is 0 Å². The smallest absolute Gasteiger partial charge is 0.310 e. The van der Waals surface area contributed by atoms with Crippen molar-refractivity contribution in [3.63, 3.8) is 0 Å². The third-order valence-corrected chi connectivity index (χ3v) is 2.62. The van der Waals surface area contributed by atoms with Gasteiger partial charge in [0.15, 0.2) is 0 Å². The molecule has 1 aliphatic rings. The molecule has 0 bridgehead atoms. The first kappa shape index (κ1) is 10.6. The Morgan fingerprint density at radius 1 is 1.25 bits per heavy atom. The van der Waals surface area contributed by atoms with Crippen molar-refractivity contribution in [2.75, 3.05) is 11.9 Å².